The molecule has 0 saturated carbocycles. The molecule has 0 amide bonds. The fourth-order valence-corrected chi connectivity index (χ4v) is 1.31. The van der Waals surface area contributed by atoms with E-state index < -0.39 is 0 Å². The Morgan fingerprint density at radius 1 is 1.50 bits per heavy atom. The number of pyridine rings is 1. The first-order valence-corrected chi connectivity index (χ1v) is 4.48. The maximum Gasteiger partial charge on any atom is 0.0303 e. The maximum absolute atomic E-state index is 5.94. The molecule has 1 aromatic heterocycles. The van der Waals surface area contributed by atoms with Gasteiger partial charge in [-0.25, -0.2) is 0 Å². The van der Waals surface area contributed by atoms with E-state index in [9.17, 15) is 0 Å². The van der Waals surface area contributed by atoms with Crippen molar-refractivity contribution in [3.8, 4) is 0 Å². The van der Waals surface area contributed by atoms with Gasteiger partial charge in [0.15, 0.2) is 0 Å². The normalized spacial score (nSPS) is 12.9. The Morgan fingerprint density at radius 3 is 2.83 bits per heavy atom. The Bertz CT molecular complexity index is 245. The molecule has 12 heavy (non-hydrogen) atoms. The topological polar surface area (TPSA) is 38.9 Å². The van der Waals surface area contributed by atoms with Gasteiger partial charge in [-0.15, -0.1) is 0 Å². The summed E-state index contributed by atoms with van der Waals surface area (Å²) in [5.41, 5.74) is 8.46. The van der Waals surface area contributed by atoms with E-state index in [1.807, 2.05) is 18.5 Å². The molecule has 1 heterocycles. The number of aromatic nitrogens is 1. The summed E-state index contributed by atoms with van der Waals surface area (Å²) < 4.78 is 0. The predicted octanol–water partition coefficient (Wildman–Crippen LogP) is 2.05. The minimum atomic E-state index is 0.169. The van der Waals surface area contributed by atoms with Gasteiger partial charge < -0.3 is 5.73 Å². The average molecular weight is 164 g/mol. The van der Waals surface area contributed by atoms with Crippen molar-refractivity contribution < 1.29 is 0 Å². The van der Waals surface area contributed by atoms with Gasteiger partial charge >= 0.3 is 0 Å². The van der Waals surface area contributed by atoms with Gasteiger partial charge in [0.2, 0.25) is 0 Å². The maximum atomic E-state index is 5.94. The van der Waals surface area contributed by atoms with E-state index in [4.69, 9.17) is 5.73 Å². The van der Waals surface area contributed by atoms with Gasteiger partial charge in [0.1, 0.15) is 0 Å². The van der Waals surface area contributed by atoms with E-state index in [1.54, 1.807) is 0 Å². The van der Waals surface area contributed by atoms with Crippen molar-refractivity contribution in [2.24, 2.45) is 5.73 Å². The molecule has 2 heteroatoms. The van der Waals surface area contributed by atoms with Gasteiger partial charge in [-0.2, -0.15) is 0 Å². The van der Waals surface area contributed by atoms with E-state index in [2.05, 4.69) is 18.8 Å². The van der Waals surface area contributed by atoms with Crippen LogP contribution in [0.4, 0.5) is 0 Å². The first kappa shape index (κ1) is 9.20. The zero-order chi connectivity index (χ0) is 8.97. The Kier molecular flexibility index (Phi) is 3.23. The van der Waals surface area contributed by atoms with Crippen LogP contribution in [-0.4, -0.2) is 4.98 Å². The van der Waals surface area contributed by atoms with Crippen molar-refractivity contribution in [2.75, 3.05) is 0 Å². The van der Waals surface area contributed by atoms with Crippen molar-refractivity contribution in [1.29, 1.82) is 0 Å². The van der Waals surface area contributed by atoms with Crippen molar-refractivity contribution in [3.63, 3.8) is 0 Å². The highest BCUT2D eigenvalue weighted by Gasteiger charge is 2.06. The van der Waals surface area contributed by atoms with Crippen molar-refractivity contribution in [1.82, 2.24) is 4.98 Å². The number of hydrogen-bond donors (Lipinski definition) is 1. The standard InChI is InChI=1S/C10H16N2/c1-3-8-7-12-6-5-9(8)10(11)4-2/h5-7,10H,3-4,11H2,1-2H3/t10-/m1/s1. The van der Waals surface area contributed by atoms with E-state index in [-0.39, 0.29) is 6.04 Å². The first-order valence-electron chi connectivity index (χ1n) is 4.48. The Balaban J connectivity index is 2.96. The van der Waals surface area contributed by atoms with Crippen LogP contribution < -0.4 is 5.73 Å². The molecule has 0 radical (unpaired) electrons. The lowest BCUT2D eigenvalue weighted by Crippen LogP contribution is -2.11. The SMILES string of the molecule is CCc1cnccc1[C@H](N)CC. The second-order valence-corrected chi connectivity index (χ2v) is 2.94. The zero-order valence-electron chi connectivity index (χ0n) is 7.75. The lowest BCUT2D eigenvalue weighted by Gasteiger charge is -2.12. The molecule has 0 saturated heterocycles. The molecule has 0 bridgehead atoms. The molecule has 1 atom stereocenters. The van der Waals surface area contributed by atoms with Gasteiger partial charge in [0.25, 0.3) is 0 Å². The molecule has 2 N–H and O–H groups in total. The summed E-state index contributed by atoms with van der Waals surface area (Å²) >= 11 is 0. The minimum absolute atomic E-state index is 0.169. The third-order valence-electron chi connectivity index (χ3n) is 2.16. The average Bonchev–Trinajstić information content (AvgIpc) is 2.16. The number of rotatable bonds is 3. The second kappa shape index (κ2) is 4.21. The second-order valence-electron chi connectivity index (χ2n) is 2.94. The lowest BCUT2D eigenvalue weighted by molar-refractivity contribution is 0.688. The number of nitrogens with two attached hydrogens (primary N) is 1. The highest BCUT2D eigenvalue weighted by molar-refractivity contribution is 5.26. The predicted molar refractivity (Wildman–Crippen MR) is 50.8 cm³/mol. The lowest BCUT2D eigenvalue weighted by atomic mass is 10.00. The molecule has 2 nitrogen and oxygen atoms in total. The molecule has 1 rings (SSSR count). The summed E-state index contributed by atoms with van der Waals surface area (Å²) in [5, 5.41) is 0. The van der Waals surface area contributed by atoms with E-state index >= 15 is 0 Å². The summed E-state index contributed by atoms with van der Waals surface area (Å²) in [7, 11) is 0. The molecule has 66 valence electrons. The summed E-state index contributed by atoms with van der Waals surface area (Å²) in [6.45, 7) is 4.23. The largest absolute Gasteiger partial charge is 0.324 e. The molecule has 0 spiro atoms. The number of nitrogens with zero attached hydrogens (tertiary/aromatic N) is 1. The fourth-order valence-electron chi connectivity index (χ4n) is 1.31. The quantitative estimate of drug-likeness (QED) is 0.742. The molecule has 0 aliphatic rings. The van der Waals surface area contributed by atoms with Crippen LogP contribution in [0.5, 0.6) is 0 Å². The van der Waals surface area contributed by atoms with Crippen LogP contribution in [-0.2, 0) is 6.42 Å². The first-order chi connectivity index (χ1) is 5.79. The highest BCUT2D eigenvalue weighted by atomic mass is 14.7. The van der Waals surface area contributed by atoms with Gasteiger partial charge in [0, 0.05) is 18.4 Å². The van der Waals surface area contributed by atoms with Gasteiger partial charge in [0.05, 0.1) is 0 Å². The van der Waals surface area contributed by atoms with Crippen molar-refractivity contribution >= 4 is 0 Å². The molecule has 1 aromatic rings. The van der Waals surface area contributed by atoms with Gasteiger partial charge in [-0.1, -0.05) is 13.8 Å². The summed E-state index contributed by atoms with van der Waals surface area (Å²) in [6.07, 6.45) is 5.71. The van der Waals surface area contributed by atoms with Crippen LogP contribution in [0.25, 0.3) is 0 Å². The number of aryl methyl sites for hydroxylation is 1. The highest BCUT2D eigenvalue weighted by Crippen LogP contribution is 2.17. The molecular weight excluding hydrogens is 148 g/mol. The summed E-state index contributed by atoms with van der Waals surface area (Å²) in [5.74, 6) is 0. The van der Waals surface area contributed by atoms with E-state index in [0.29, 0.717) is 0 Å². The molecule has 0 aliphatic heterocycles. The molecule has 0 fully saturated rings. The van der Waals surface area contributed by atoms with Gasteiger partial charge in [-0.3, -0.25) is 4.98 Å². The van der Waals surface area contributed by atoms with Crippen LogP contribution in [0, 0.1) is 0 Å². The fraction of sp³-hybridized carbons (Fsp3) is 0.500. The zero-order valence-corrected chi connectivity index (χ0v) is 7.75. The van der Waals surface area contributed by atoms with Crippen LogP contribution >= 0.6 is 0 Å². The third-order valence-corrected chi connectivity index (χ3v) is 2.16. The summed E-state index contributed by atoms with van der Waals surface area (Å²) in [4.78, 5) is 4.08. The molecule has 0 aromatic carbocycles. The minimum Gasteiger partial charge on any atom is -0.324 e. The number of hydrogen-bond acceptors (Lipinski definition) is 2. The van der Waals surface area contributed by atoms with Crippen LogP contribution in [0.3, 0.4) is 0 Å². The third kappa shape index (κ3) is 1.83. The van der Waals surface area contributed by atoms with Crippen molar-refractivity contribution in [2.45, 2.75) is 32.7 Å². The Morgan fingerprint density at radius 2 is 2.25 bits per heavy atom. The Hall–Kier alpha value is -0.890. The van der Waals surface area contributed by atoms with Gasteiger partial charge in [-0.05, 0) is 30.0 Å². The monoisotopic (exact) mass is 164 g/mol. The van der Waals surface area contributed by atoms with Crippen LogP contribution in [0.1, 0.15) is 37.4 Å². The molecular formula is C10H16N2. The van der Waals surface area contributed by atoms with Crippen molar-refractivity contribution in [3.05, 3.63) is 29.6 Å². The molecule has 0 aliphatic carbocycles. The van der Waals surface area contributed by atoms with E-state index in [1.165, 1.54) is 11.1 Å². The van der Waals surface area contributed by atoms with Crippen LogP contribution in [0.2, 0.25) is 0 Å². The van der Waals surface area contributed by atoms with Crippen LogP contribution in [0.15, 0.2) is 18.5 Å². The summed E-state index contributed by atoms with van der Waals surface area (Å²) in [6, 6.07) is 2.19. The molecule has 0 unspecified atom stereocenters. The smallest absolute Gasteiger partial charge is 0.0303 e. The van der Waals surface area contributed by atoms with E-state index in [0.717, 1.165) is 12.8 Å². The Labute approximate surface area is 73.8 Å².